The molecule has 1 aromatic heterocycles. The summed E-state index contributed by atoms with van der Waals surface area (Å²) in [5.41, 5.74) is 2.70. The molecule has 0 radical (unpaired) electrons. The molecule has 0 spiro atoms. The highest BCUT2D eigenvalue weighted by molar-refractivity contribution is 7.89. The van der Waals surface area contributed by atoms with Gasteiger partial charge in [0.2, 0.25) is 10.0 Å². The van der Waals surface area contributed by atoms with Gasteiger partial charge in [-0.15, -0.1) is 0 Å². The fraction of sp³-hybridized carbons (Fsp3) is 0. The van der Waals surface area contributed by atoms with E-state index in [1.54, 1.807) is 24.3 Å². The molecule has 2 aromatic carbocycles. The molecule has 0 unspecified atom stereocenters. The number of primary sulfonamides is 1. The van der Waals surface area contributed by atoms with Crippen molar-refractivity contribution in [1.82, 2.24) is 4.57 Å². The second-order valence-electron chi connectivity index (χ2n) is 4.85. The minimum absolute atomic E-state index is 0.0783. The van der Waals surface area contributed by atoms with E-state index in [2.05, 4.69) is 0 Å². The van der Waals surface area contributed by atoms with Gasteiger partial charge in [-0.25, -0.2) is 13.6 Å². The Balaban J connectivity index is 2.03. The lowest BCUT2D eigenvalue weighted by molar-refractivity contribution is 0.475. The maximum Gasteiger partial charge on any atom is 0.238 e. The molecule has 3 aromatic rings. The van der Waals surface area contributed by atoms with E-state index in [0.717, 1.165) is 16.9 Å². The predicted molar refractivity (Wildman–Crippen MR) is 84.2 cm³/mol. The second kappa shape index (κ2) is 5.32. The summed E-state index contributed by atoms with van der Waals surface area (Å²) >= 11 is 0. The highest BCUT2D eigenvalue weighted by atomic mass is 32.2. The van der Waals surface area contributed by atoms with Gasteiger partial charge in [0.05, 0.1) is 10.6 Å². The maximum absolute atomic E-state index is 11.3. The van der Waals surface area contributed by atoms with E-state index >= 15 is 0 Å². The standard InChI is InChI=1S/C16H14N2O3S/c17-22(20,21)15-9-5-13(6-10-15)18-11-1-2-16(18)12-3-7-14(19)8-4-12/h1-11,19H,(H2,17,20,21). The second-order valence-corrected chi connectivity index (χ2v) is 6.41. The monoisotopic (exact) mass is 314 g/mol. The van der Waals surface area contributed by atoms with Gasteiger partial charge >= 0.3 is 0 Å². The molecule has 0 aliphatic heterocycles. The summed E-state index contributed by atoms with van der Waals surface area (Å²) in [4.78, 5) is 0.0783. The number of nitrogens with two attached hydrogens (primary N) is 1. The van der Waals surface area contributed by atoms with Crippen LogP contribution in [0.4, 0.5) is 0 Å². The number of sulfonamides is 1. The third-order valence-corrected chi connectivity index (χ3v) is 4.28. The largest absolute Gasteiger partial charge is 0.508 e. The number of hydrogen-bond acceptors (Lipinski definition) is 3. The molecule has 6 heteroatoms. The predicted octanol–water partition coefficient (Wildman–Crippen LogP) is 2.50. The molecule has 1 heterocycles. The molecule has 3 N–H and O–H groups in total. The van der Waals surface area contributed by atoms with Crippen LogP contribution in [0.25, 0.3) is 16.9 Å². The Morgan fingerprint density at radius 1 is 0.909 bits per heavy atom. The Labute approximate surface area is 128 Å². The Kier molecular flexibility index (Phi) is 3.48. The van der Waals surface area contributed by atoms with Crippen molar-refractivity contribution in [1.29, 1.82) is 0 Å². The van der Waals surface area contributed by atoms with Crippen LogP contribution in [-0.2, 0) is 10.0 Å². The van der Waals surface area contributed by atoms with Gasteiger partial charge in [-0.3, -0.25) is 0 Å². The average Bonchev–Trinajstić information content (AvgIpc) is 2.97. The van der Waals surface area contributed by atoms with Crippen LogP contribution < -0.4 is 5.14 Å². The van der Waals surface area contributed by atoms with Crippen molar-refractivity contribution in [2.45, 2.75) is 4.90 Å². The summed E-state index contributed by atoms with van der Waals surface area (Å²) in [6.45, 7) is 0. The van der Waals surface area contributed by atoms with Gasteiger partial charge in [-0.2, -0.15) is 0 Å². The van der Waals surface area contributed by atoms with Crippen LogP contribution in [0.1, 0.15) is 0 Å². The number of hydrogen-bond donors (Lipinski definition) is 2. The zero-order valence-corrected chi connectivity index (χ0v) is 12.4. The third kappa shape index (κ3) is 2.74. The van der Waals surface area contributed by atoms with Crippen molar-refractivity contribution in [3.8, 4) is 22.7 Å². The Bertz CT molecular complexity index is 895. The van der Waals surface area contributed by atoms with Crippen molar-refractivity contribution in [3.05, 3.63) is 66.9 Å². The van der Waals surface area contributed by atoms with Gasteiger partial charge in [0.15, 0.2) is 0 Å². The fourth-order valence-electron chi connectivity index (χ4n) is 2.27. The zero-order chi connectivity index (χ0) is 15.7. The van der Waals surface area contributed by atoms with Crippen LogP contribution in [0.15, 0.2) is 71.8 Å². The molecular formula is C16H14N2O3S. The normalized spacial score (nSPS) is 11.5. The third-order valence-electron chi connectivity index (χ3n) is 3.36. The Morgan fingerprint density at radius 2 is 1.55 bits per heavy atom. The number of aromatic hydroxyl groups is 1. The van der Waals surface area contributed by atoms with Gasteiger partial charge < -0.3 is 9.67 Å². The topological polar surface area (TPSA) is 85.3 Å². The van der Waals surface area contributed by atoms with Gasteiger partial charge in [0, 0.05) is 11.9 Å². The molecule has 0 amide bonds. The highest BCUT2D eigenvalue weighted by Crippen LogP contribution is 2.25. The first kappa shape index (κ1) is 14.4. The van der Waals surface area contributed by atoms with E-state index in [9.17, 15) is 13.5 Å². The number of rotatable bonds is 3. The SMILES string of the molecule is NS(=O)(=O)c1ccc(-n2cccc2-c2ccc(O)cc2)cc1. The fourth-order valence-corrected chi connectivity index (χ4v) is 2.79. The Hall–Kier alpha value is -2.57. The van der Waals surface area contributed by atoms with Crippen molar-refractivity contribution in [3.63, 3.8) is 0 Å². The number of benzene rings is 2. The van der Waals surface area contributed by atoms with Crippen LogP contribution in [0.3, 0.4) is 0 Å². The van der Waals surface area contributed by atoms with Crippen molar-refractivity contribution in [2.24, 2.45) is 5.14 Å². The molecule has 112 valence electrons. The van der Waals surface area contributed by atoms with Crippen LogP contribution in [0, 0.1) is 0 Å². The summed E-state index contributed by atoms with van der Waals surface area (Å²) in [5.74, 6) is 0.208. The van der Waals surface area contributed by atoms with Crippen molar-refractivity contribution >= 4 is 10.0 Å². The maximum atomic E-state index is 11.3. The molecule has 5 nitrogen and oxygen atoms in total. The first-order valence-electron chi connectivity index (χ1n) is 6.55. The van der Waals surface area contributed by atoms with Gasteiger partial charge in [-0.05, 0) is 66.2 Å². The summed E-state index contributed by atoms with van der Waals surface area (Å²) in [7, 11) is -3.69. The quantitative estimate of drug-likeness (QED) is 0.779. The molecule has 0 saturated carbocycles. The van der Waals surface area contributed by atoms with E-state index in [1.165, 1.54) is 12.1 Å². The van der Waals surface area contributed by atoms with Crippen LogP contribution in [-0.4, -0.2) is 18.1 Å². The van der Waals surface area contributed by atoms with E-state index in [1.807, 2.05) is 35.0 Å². The van der Waals surface area contributed by atoms with Gasteiger partial charge in [-0.1, -0.05) is 0 Å². The molecule has 0 aliphatic carbocycles. The first-order valence-corrected chi connectivity index (χ1v) is 8.10. The summed E-state index contributed by atoms with van der Waals surface area (Å²) in [6, 6.07) is 17.1. The lowest BCUT2D eigenvalue weighted by Gasteiger charge is -2.10. The summed E-state index contributed by atoms with van der Waals surface area (Å²) in [6.07, 6.45) is 1.88. The molecule has 0 bridgehead atoms. The number of nitrogens with zero attached hydrogens (tertiary/aromatic N) is 1. The Morgan fingerprint density at radius 3 is 2.14 bits per heavy atom. The number of aromatic nitrogens is 1. The molecular weight excluding hydrogens is 300 g/mol. The van der Waals surface area contributed by atoms with Crippen LogP contribution in [0.2, 0.25) is 0 Å². The average molecular weight is 314 g/mol. The smallest absolute Gasteiger partial charge is 0.238 e. The highest BCUT2D eigenvalue weighted by Gasteiger charge is 2.09. The molecule has 0 fully saturated rings. The lowest BCUT2D eigenvalue weighted by atomic mass is 10.1. The first-order chi connectivity index (χ1) is 10.4. The van der Waals surface area contributed by atoms with Gasteiger partial charge in [0.1, 0.15) is 5.75 Å². The van der Waals surface area contributed by atoms with Gasteiger partial charge in [0.25, 0.3) is 0 Å². The van der Waals surface area contributed by atoms with E-state index in [4.69, 9.17) is 5.14 Å². The molecule has 0 atom stereocenters. The summed E-state index contributed by atoms with van der Waals surface area (Å²) in [5, 5.41) is 14.5. The van der Waals surface area contributed by atoms with Crippen molar-refractivity contribution < 1.29 is 13.5 Å². The minimum atomic E-state index is -3.69. The van der Waals surface area contributed by atoms with Crippen LogP contribution in [0.5, 0.6) is 5.75 Å². The zero-order valence-electron chi connectivity index (χ0n) is 11.5. The van der Waals surface area contributed by atoms with E-state index < -0.39 is 10.0 Å². The molecule has 3 rings (SSSR count). The minimum Gasteiger partial charge on any atom is -0.508 e. The summed E-state index contributed by atoms with van der Waals surface area (Å²) < 4.78 is 24.5. The molecule has 0 saturated heterocycles. The molecule has 22 heavy (non-hydrogen) atoms. The van der Waals surface area contributed by atoms with E-state index in [-0.39, 0.29) is 10.6 Å². The van der Waals surface area contributed by atoms with Crippen LogP contribution >= 0.6 is 0 Å². The van der Waals surface area contributed by atoms with E-state index in [0.29, 0.717) is 0 Å². The van der Waals surface area contributed by atoms with Crippen molar-refractivity contribution in [2.75, 3.05) is 0 Å². The number of phenols is 1. The number of phenolic OH excluding ortho intramolecular Hbond substituents is 1. The lowest BCUT2D eigenvalue weighted by Crippen LogP contribution is -2.12. The molecule has 0 aliphatic rings.